The Morgan fingerprint density at radius 3 is 2.58 bits per heavy atom. The molecule has 0 aliphatic heterocycles. The van der Waals surface area contributed by atoms with E-state index in [-0.39, 0.29) is 22.0 Å². The zero-order valence-electron chi connectivity index (χ0n) is 9.96. The molecule has 0 saturated carbocycles. The molecule has 19 heavy (non-hydrogen) atoms. The lowest BCUT2D eigenvalue weighted by molar-refractivity contribution is -0.384. The van der Waals surface area contributed by atoms with Crippen molar-refractivity contribution in [2.24, 2.45) is 0 Å². The van der Waals surface area contributed by atoms with Gasteiger partial charge in [0, 0.05) is 11.6 Å². The maximum atomic E-state index is 11.1. The average Bonchev–Trinajstić information content (AvgIpc) is 2.37. The van der Waals surface area contributed by atoms with Crippen LogP contribution in [0.2, 0.25) is 5.02 Å². The Balaban J connectivity index is 2.65. The van der Waals surface area contributed by atoms with Gasteiger partial charge in [-0.3, -0.25) is 10.1 Å². The number of nitrogens with zero attached hydrogens (tertiary/aromatic N) is 1. The third-order valence-electron chi connectivity index (χ3n) is 2.66. The van der Waals surface area contributed by atoms with E-state index in [0.29, 0.717) is 11.3 Å². The second kappa shape index (κ2) is 5.16. The van der Waals surface area contributed by atoms with Gasteiger partial charge >= 0.3 is 0 Å². The minimum absolute atomic E-state index is 0.0257. The summed E-state index contributed by atoms with van der Waals surface area (Å²) >= 11 is 5.84. The van der Waals surface area contributed by atoms with Gasteiger partial charge in [-0.15, -0.1) is 0 Å². The summed E-state index contributed by atoms with van der Waals surface area (Å²) in [6.45, 7) is 0. The molecule has 0 aliphatic rings. The van der Waals surface area contributed by atoms with Crippen molar-refractivity contribution < 1.29 is 14.8 Å². The SMILES string of the molecule is COc1ccc(-c2cccc(Cl)c2[N+](=O)[O-])c(O)c1. The molecule has 2 rings (SSSR count). The van der Waals surface area contributed by atoms with Gasteiger partial charge in [0.25, 0.3) is 5.69 Å². The molecule has 0 unspecified atom stereocenters. The summed E-state index contributed by atoms with van der Waals surface area (Å²) in [7, 11) is 1.47. The van der Waals surface area contributed by atoms with E-state index in [9.17, 15) is 15.2 Å². The van der Waals surface area contributed by atoms with Crippen LogP contribution in [0.3, 0.4) is 0 Å². The van der Waals surface area contributed by atoms with Crippen LogP contribution in [0.4, 0.5) is 5.69 Å². The Labute approximate surface area is 114 Å². The molecule has 1 N–H and O–H groups in total. The van der Waals surface area contributed by atoms with Crippen molar-refractivity contribution in [1.29, 1.82) is 0 Å². The van der Waals surface area contributed by atoms with E-state index in [1.807, 2.05) is 0 Å². The van der Waals surface area contributed by atoms with Gasteiger partial charge in [-0.05, 0) is 24.3 Å². The lowest BCUT2D eigenvalue weighted by atomic mass is 10.0. The number of aromatic hydroxyl groups is 1. The number of phenolic OH excluding ortho intramolecular Hbond substituents is 1. The summed E-state index contributed by atoms with van der Waals surface area (Å²) in [6, 6.07) is 9.11. The molecule has 0 atom stereocenters. The van der Waals surface area contributed by atoms with Gasteiger partial charge in [-0.2, -0.15) is 0 Å². The molecule has 6 heteroatoms. The standard InChI is InChI=1S/C13H10ClNO4/c1-19-8-5-6-9(12(16)7-8)10-3-2-4-11(14)13(10)15(17)18/h2-7,16H,1H3. The highest BCUT2D eigenvalue weighted by Gasteiger charge is 2.21. The van der Waals surface area contributed by atoms with Crippen molar-refractivity contribution in [1.82, 2.24) is 0 Å². The molecule has 0 radical (unpaired) electrons. The van der Waals surface area contributed by atoms with Crippen molar-refractivity contribution in [3.63, 3.8) is 0 Å². The summed E-state index contributed by atoms with van der Waals surface area (Å²) in [4.78, 5) is 10.5. The zero-order valence-corrected chi connectivity index (χ0v) is 10.7. The topological polar surface area (TPSA) is 72.6 Å². The Kier molecular flexibility index (Phi) is 3.57. The maximum Gasteiger partial charge on any atom is 0.295 e. The van der Waals surface area contributed by atoms with Crippen LogP contribution in [-0.4, -0.2) is 17.1 Å². The lowest BCUT2D eigenvalue weighted by Gasteiger charge is -2.08. The molecular weight excluding hydrogens is 270 g/mol. The van der Waals surface area contributed by atoms with E-state index in [2.05, 4.69) is 0 Å². The van der Waals surface area contributed by atoms with Gasteiger partial charge in [-0.25, -0.2) is 0 Å². The number of para-hydroxylation sites is 1. The van der Waals surface area contributed by atoms with E-state index >= 15 is 0 Å². The zero-order chi connectivity index (χ0) is 14.0. The summed E-state index contributed by atoms with van der Waals surface area (Å²) in [5.41, 5.74) is 0.359. The van der Waals surface area contributed by atoms with Gasteiger partial charge in [0.05, 0.1) is 17.6 Å². The van der Waals surface area contributed by atoms with E-state index in [1.165, 1.54) is 25.3 Å². The Hall–Kier alpha value is -2.27. The predicted octanol–water partition coefficient (Wildman–Crippen LogP) is 3.63. The second-order valence-corrected chi connectivity index (χ2v) is 4.18. The van der Waals surface area contributed by atoms with Crippen molar-refractivity contribution in [2.75, 3.05) is 7.11 Å². The van der Waals surface area contributed by atoms with Gasteiger partial charge in [0.15, 0.2) is 0 Å². The molecule has 0 fully saturated rings. The third-order valence-corrected chi connectivity index (χ3v) is 2.97. The highest BCUT2D eigenvalue weighted by atomic mass is 35.5. The number of nitro groups is 1. The summed E-state index contributed by atoms with van der Waals surface area (Å²) in [5, 5.41) is 21.0. The number of hydrogen-bond acceptors (Lipinski definition) is 4. The van der Waals surface area contributed by atoms with Crippen LogP contribution >= 0.6 is 11.6 Å². The highest BCUT2D eigenvalue weighted by molar-refractivity contribution is 6.33. The number of halogens is 1. The maximum absolute atomic E-state index is 11.1. The molecule has 5 nitrogen and oxygen atoms in total. The molecule has 2 aromatic carbocycles. The van der Waals surface area contributed by atoms with Gasteiger partial charge in [-0.1, -0.05) is 17.7 Å². The summed E-state index contributed by atoms with van der Waals surface area (Å²) in [5.74, 6) is 0.357. The molecule has 0 spiro atoms. The first-order valence-corrected chi connectivity index (χ1v) is 5.72. The molecule has 0 saturated heterocycles. The minimum Gasteiger partial charge on any atom is -0.507 e. The van der Waals surface area contributed by atoms with Crippen LogP contribution in [0.25, 0.3) is 11.1 Å². The number of ether oxygens (including phenoxy) is 1. The lowest BCUT2D eigenvalue weighted by Crippen LogP contribution is -1.93. The monoisotopic (exact) mass is 279 g/mol. The Morgan fingerprint density at radius 2 is 2.00 bits per heavy atom. The molecule has 0 aliphatic carbocycles. The normalized spacial score (nSPS) is 10.2. The minimum atomic E-state index is -0.568. The fraction of sp³-hybridized carbons (Fsp3) is 0.0769. The first-order valence-electron chi connectivity index (χ1n) is 5.35. The average molecular weight is 280 g/mol. The number of rotatable bonds is 3. The fourth-order valence-corrected chi connectivity index (χ4v) is 2.03. The van der Waals surface area contributed by atoms with Crippen molar-refractivity contribution in [3.8, 4) is 22.6 Å². The molecule has 0 heterocycles. The van der Waals surface area contributed by atoms with Gasteiger partial charge < -0.3 is 9.84 Å². The summed E-state index contributed by atoms with van der Waals surface area (Å²) < 4.78 is 4.97. The Morgan fingerprint density at radius 1 is 1.26 bits per heavy atom. The second-order valence-electron chi connectivity index (χ2n) is 3.78. The molecule has 0 bridgehead atoms. The van der Waals surface area contributed by atoms with Crippen LogP contribution in [0.15, 0.2) is 36.4 Å². The summed E-state index contributed by atoms with van der Waals surface area (Å²) in [6.07, 6.45) is 0. The molecule has 2 aromatic rings. The molecular formula is C13H10ClNO4. The van der Waals surface area contributed by atoms with Crippen molar-refractivity contribution in [3.05, 3.63) is 51.5 Å². The van der Waals surface area contributed by atoms with Crippen LogP contribution in [0, 0.1) is 10.1 Å². The predicted molar refractivity (Wildman–Crippen MR) is 71.8 cm³/mol. The van der Waals surface area contributed by atoms with Crippen molar-refractivity contribution in [2.45, 2.75) is 0 Å². The fourth-order valence-electron chi connectivity index (χ4n) is 1.78. The number of nitro benzene ring substituents is 1. The smallest absolute Gasteiger partial charge is 0.295 e. The van der Waals surface area contributed by atoms with E-state index in [4.69, 9.17) is 16.3 Å². The van der Waals surface area contributed by atoms with Crippen LogP contribution in [0.1, 0.15) is 0 Å². The molecule has 0 aromatic heterocycles. The number of methoxy groups -OCH3 is 1. The van der Waals surface area contributed by atoms with E-state index < -0.39 is 4.92 Å². The number of phenols is 1. The van der Waals surface area contributed by atoms with Crippen LogP contribution in [0.5, 0.6) is 11.5 Å². The van der Waals surface area contributed by atoms with Crippen LogP contribution in [-0.2, 0) is 0 Å². The Bertz CT molecular complexity index is 643. The van der Waals surface area contributed by atoms with E-state index in [1.54, 1.807) is 18.2 Å². The van der Waals surface area contributed by atoms with Gasteiger partial charge in [0.2, 0.25) is 0 Å². The van der Waals surface area contributed by atoms with E-state index in [0.717, 1.165) is 0 Å². The third kappa shape index (κ3) is 2.46. The molecule has 98 valence electrons. The quantitative estimate of drug-likeness (QED) is 0.688. The largest absolute Gasteiger partial charge is 0.507 e. The first kappa shape index (κ1) is 13.2. The molecule has 0 amide bonds. The van der Waals surface area contributed by atoms with Crippen LogP contribution < -0.4 is 4.74 Å². The first-order chi connectivity index (χ1) is 9.04. The number of hydrogen-bond donors (Lipinski definition) is 1. The number of benzene rings is 2. The highest BCUT2D eigenvalue weighted by Crippen LogP contribution is 2.40. The van der Waals surface area contributed by atoms with Crippen molar-refractivity contribution >= 4 is 17.3 Å². The van der Waals surface area contributed by atoms with Gasteiger partial charge in [0.1, 0.15) is 16.5 Å².